The number of benzene rings is 3. The van der Waals surface area contributed by atoms with Gasteiger partial charge >= 0.3 is 0 Å². The highest BCUT2D eigenvalue weighted by Gasteiger charge is 2.26. The molecule has 3 aromatic rings. The molecule has 0 saturated heterocycles. The molecule has 1 fully saturated rings. The highest BCUT2D eigenvalue weighted by atomic mass is 16.5. The van der Waals surface area contributed by atoms with E-state index in [1.165, 1.54) is 19.3 Å². The lowest BCUT2D eigenvalue weighted by Gasteiger charge is -2.26. The molecule has 38 heavy (non-hydrogen) atoms. The van der Waals surface area contributed by atoms with Crippen LogP contribution in [0.3, 0.4) is 0 Å². The van der Waals surface area contributed by atoms with E-state index in [1.807, 2.05) is 60.7 Å². The van der Waals surface area contributed by atoms with Gasteiger partial charge in [0.15, 0.2) is 0 Å². The van der Waals surface area contributed by atoms with Crippen molar-refractivity contribution in [3.05, 3.63) is 84.4 Å². The summed E-state index contributed by atoms with van der Waals surface area (Å²) in [6, 6.07) is 23.5. The van der Waals surface area contributed by atoms with Gasteiger partial charge in [-0.1, -0.05) is 56.4 Å². The van der Waals surface area contributed by atoms with Gasteiger partial charge in [-0.15, -0.1) is 0 Å². The third-order valence-electron chi connectivity index (χ3n) is 6.83. The summed E-state index contributed by atoms with van der Waals surface area (Å²) in [5.74, 6) is 2.06. The van der Waals surface area contributed by atoms with E-state index >= 15 is 0 Å². The zero-order valence-electron chi connectivity index (χ0n) is 22.0. The van der Waals surface area contributed by atoms with Crippen LogP contribution in [-0.2, 0) is 4.79 Å². The van der Waals surface area contributed by atoms with Crippen molar-refractivity contribution in [3.8, 4) is 17.2 Å². The second-order valence-corrected chi connectivity index (χ2v) is 9.66. The van der Waals surface area contributed by atoms with Crippen molar-refractivity contribution < 1.29 is 19.1 Å². The molecule has 1 aliphatic rings. The van der Waals surface area contributed by atoms with E-state index < -0.39 is 6.04 Å². The molecule has 2 amide bonds. The third-order valence-corrected chi connectivity index (χ3v) is 6.83. The van der Waals surface area contributed by atoms with Gasteiger partial charge in [0.05, 0.1) is 7.11 Å². The number of nitrogens with one attached hydrogen (secondary N) is 3. The minimum atomic E-state index is -0.592. The van der Waals surface area contributed by atoms with Crippen molar-refractivity contribution in [2.75, 3.05) is 25.5 Å². The highest BCUT2D eigenvalue weighted by molar-refractivity contribution is 5.97. The van der Waals surface area contributed by atoms with Crippen molar-refractivity contribution in [1.29, 1.82) is 0 Å². The predicted molar refractivity (Wildman–Crippen MR) is 150 cm³/mol. The van der Waals surface area contributed by atoms with Gasteiger partial charge in [-0.25, -0.2) is 0 Å². The minimum absolute atomic E-state index is 0.155. The number of hydrogen-bond donors (Lipinski definition) is 3. The van der Waals surface area contributed by atoms with Gasteiger partial charge in [-0.2, -0.15) is 0 Å². The Morgan fingerprint density at radius 2 is 1.58 bits per heavy atom. The lowest BCUT2D eigenvalue weighted by molar-refractivity contribution is -0.123. The molecular weight excluding hydrogens is 478 g/mol. The molecule has 7 nitrogen and oxygen atoms in total. The molecule has 200 valence electrons. The zero-order chi connectivity index (χ0) is 26.6. The molecule has 0 aliphatic heterocycles. The first-order valence-electron chi connectivity index (χ1n) is 13.4. The van der Waals surface area contributed by atoms with Gasteiger partial charge in [-0.05, 0) is 66.9 Å². The summed E-state index contributed by atoms with van der Waals surface area (Å²) in [5, 5.41) is 9.30. The fraction of sp³-hybridized carbons (Fsp3) is 0.355. The Balaban J connectivity index is 1.35. The smallest absolute Gasteiger partial charge is 0.252 e. The van der Waals surface area contributed by atoms with Crippen molar-refractivity contribution in [2.24, 2.45) is 5.92 Å². The maximum atomic E-state index is 13.2. The molecular formula is C31H37N3O4. The first-order chi connectivity index (χ1) is 18.6. The SMILES string of the molecule is COc1ccc(NCCNC(=O)C(CC2CCCCC2)NC(=O)c2cccc(Oc3ccccc3)c2)cc1. The van der Waals surface area contributed by atoms with Crippen LogP contribution in [-0.4, -0.2) is 38.1 Å². The molecule has 1 aliphatic carbocycles. The summed E-state index contributed by atoms with van der Waals surface area (Å²) in [6.07, 6.45) is 6.43. The van der Waals surface area contributed by atoms with Crippen LogP contribution in [0.2, 0.25) is 0 Å². The Morgan fingerprint density at radius 3 is 2.32 bits per heavy atom. The van der Waals surface area contributed by atoms with Crippen LogP contribution < -0.4 is 25.4 Å². The van der Waals surface area contributed by atoms with Gasteiger partial charge in [0, 0.05) is 24.3 Å². The molecule has 1 saturated carbocycles. The van der Waals surface area contributed by atoms with Crippen LogP contribution in [0.5, 0.6) is 17.2 Å². The standard InChI is InChI=1S/C31H37N3O4/c1-37-26-17-15-25(16-18-26)32-19-20-33-31(36)29(21-23-9-4-2-5-10-23)34-30(35)24-11-8-14-28(22-24)38-27-12-6-3-7-13-27/h3,6-8,11-18,22-23,29,32H,2,4-5,9-10,19-21H2,1H3,(H,33,36)(H,34,35). The highest BCUT2D eigenvalue weighted by Crippen LogP contribution is 2.28. The first-order valence-corrected chi connectivity index (χ1v) is 13.4. The number of ether oxygens (including phenoxy) is 2. The summed E-state index contributed by atoms with van der Waals surface area (Å²) in [7, 11) is 1.63. The molecule has 1 unspecified atom stereocenters. The lowest BCUT2D eigenvalue weighted by atomic mass is 9.84. The Labute approximate surface area is 224 Å². The van der Waals surface area contributed by atoms with E-state index in [1.54, 1.807) is 25.3 Å². The maximum absolute atomic E-state index is 13.2. The number of anilines is 1. The number of methoxy groups -OCH3 is 1. The van der Waals surface area contributed by atoms with Crippen molar-refractivity contribution in [2.45, 2.75) is 44.6 Å². The number of amides is 2. The minimum Gasteiger partial charge on any atom is -0.497 e. The van der Waals surface area contributed by atoms with Gasteiger partial charge in [0.1, 0.15) is 23.3 Å². The Bertz CT molecular complexity index is 1160. The largest absolute Gasteiger partial charge is 0.497 e. The maximum Gasteiger partial charge on any atom is 0.252 e. The van der Waals surface area contributed by atoms with Crippen LogP contribution in [0.25, 0.3) is 0 Å². The quantitative estimate of drug-likeness (QED) is 0.266. The fourth-order valence-electron chi connectivity index (χ4n) is 4.78. The Hall–Kier alpha value is -4.00. The second-order valence-electron chi connectivity index (χ2n) is 9.66. The van der Waals surface area contributed by atoms with Gasteiger partial charge in [-0.3, -0.25) is 9.59 Å². The number of para-hydroxylation sites is 1. The lowest BCUT2D eigenvalue weighted by Crippen LogP contribution is -2.48. The first kappa shape index (κ1) is 27.0. The molecule has 7 heteroatoms. The van der Waals surface area contributed by atoms with E-state index in [2.05, 4.69) is 16.0 Å². The van der Waals surface area contributed by atoms with E-state index in [-0.39, 0.29) is 11.8 Å². The average molecular weight is 516 g/mol. The van der Waals surface area contributed by atoms with Crippen molar-refractivity contribution in [3.63, 3.8) is 0 Å². The van der Waals surface area contributed by atoms with Gasteiger partial charge in [0.2, 0.25) is 5.91 Å². The molecule has 3 N–H and O–H groups in total. The summed E-state index contributed by atoms with van der Waals surface area (Å²) in [6.45, 7) is 1.02. The molecule has 4 rings (SSSR count). The van der Waals surface area contributed by atoms with Crippen LogP contribution in [0.1, 0.15) is 48.9 Å². The third kappa shape index (κ3) is 8.26. The molecule has 0 aromatic heterocycles. The van der Waals surface area contributed by atoms with E-state index in [0.717, 1.165) is 24.3 Å². The summed E-state index contributed by atoms with van der Waals surface area (Å²) in [5.41, 5.74) is 1.41. The van der Waals surface area contributed by atoms with Gasteiger partial charge in [0.25, 0.3) is 5.91 Å². The molecule has 0 bridgehead atoms. The summed E-state index contributed by atoms with van der Waals surface area (Å²) in [4.78, 5) is 26.4. The van der Waals surface area contributed by atoms with Crippen molar-refractivity contribution in [1.82, 2.24) is 10.6 Å². The number of carbonyl (C=O) groups excluding carboxylic acids is 2. The van der Waals surface area contributed by atoms with E-state index in [0.29, 0.717) is 42.5 Å². The van der Waals surface area contributed by atoms with Crippen LogP contribution in [0.15, 0.2) is 78.9 Å². The van der Waals surface area contributed by atoms with Crippen molar-refractivity contribution >= 4 is 17.5 Å². The predicted octanol–water partition coefficient (Wildman–Crippen LogP) is 5.78. The van der Waals surface area contributed by atoms with E-state index in [4.69, 9.17) is 9.47 Å². The Morgan fingerprint density at radius 1 is 0.842 bits per heavy atom. The zero-order valence-corrected chi connectivity index (χ0v) is 22.0. The average Bonchev–Trinajstić information content (AvgIpc) is 2.96. The number of rotatable bonds is 12. The summed E-state index contributed by atoms with van der Waals surface area (Å²) < 4.78 is 11.1. The topological polar surface area (TPSA) is 88.7 Å². The van der Waals surface area contributed by atoms with Gasteiger partial charge < -0.3 is 25.4 Å². The Kier molecular flexibility index (Phi) is 10.0. The van der Waals surface area contributed by atoms with Crippen LogP contribution in [0.4, 0.5) is 5.69 Å². The molecule has 0 heterocycles. The normalized spacial score (nSPS) is 14.2. The monoisotopic (exact) mass is 515 g/mol. The molecule has 0 spiro atoms. The van der Waals surface area contributed by atoms with Crippen LogP contribution >= 0.6 is 0 Å². The van der Waals surface area contributed by atoms with E-state index in [9.17, 15) is 9.59 Å². The molecule has 0 radical (unpaired) electrons. The number of hydrogen-bond acceptors (Lipinski definition) is 5. The fourth-order valence-corrected chi connectivity index (χ4v) is 4.78. The van der Waals surface area contributed by atoms with Crippen LogP contribution in [0, 0.1) is 5.92 Å². The number of carbonyl (C=O) groups is 2. The molecule has 1 atom stereocenters. The molecule has 3 aromatic carbocycles. The summed E-state index contributed by atoms with van der Waals surface area (Å²) >= 11 is 0. The second kappa shape index (κ2) is 14.1.